The van der Waals surface area contributed by atoms with Crippen molar-refractivity contribution < 1.29 is 25.5 Å². The van der Waals surface area contributed by atoms with E-state index in [1.54, 1.807) is 20.8 Å². The van der Waals surface area contributed by atoms with Crippen LogP contribution in [0.1, 0.15) is 20.8 Å². The maximum absolute atomic E-state index is 12.9. The van der Waals surface area contributed by atoms with Gasteiger partial charge in [0, 0.05) is 13.2 Å². The Hall–Kier alpha value is -1.03. The third-order valence-electron chi connectivity index (χ3n) is 2.62. The molecule has 6 nitrogen and oxygen atoms in total. The third-order valence-corrected chi connectivity index (χ3v) is 4.84. The van der Waals surface area contributed by atoms with Gasteiger partial charge in [0.2, 0.25) is 10.0 Å². The van der Waals surface area contributed by atoms with Crippen molar-refractivity contribution in [3.63, 3.8) is 0 Å². The Bertz CT molecular complexity index is 698. The molecule has 9 heteroatoms. The zero-order chi connectivity index (χ0) is 16.3. The van der Waals surface area contributed by atoms with Crippen LogP contribution in [-0.4, -0.2) is 35.6 Å². The molecule has 0 aromatic heterocycles. The topological polar surface area (TPSA) is 89.5 Å². The fourth-order valence-electron chi connectivity index (χ4n) is 1.59. The van der Waals surface area contributed by atoms with E-state index in [9.17, 15) is 20.7 Å². The molecular formula is C12H18FNO5S2. The number of ether oxygens (including phenoxy) is 1. The van der Waals surface area contributed by atoms with E-state index in [1.807, 2.05) is 0 Å². The lowest BCUT2D eigenvalue weighted by Gasteiger charge is -2.24. The molecule has 0 bridgehead atoms. The molecule has 0 saturated heterocycles. The molecule has 0 unspecified atom stereocenters. The highest BCUT2D eigenvalue weighted by atomic mass is 32.3. The SMILES string of the molecule is CCOC(C)(C)CNS(=O)(=O)c1cccc(S(=O)(=O)F)c1. The molecule has 0 radical (unpaired) electrons. The first-order chi connectivity index (χ1) is 9.48. The van der Waals surface area contributed by atoms with Crippen molar-refractivity contribution in [3.05, 3.63) is 24.3 Å². The maximum atomic E-state index is 12.9. The molecule has 0 spiro atoms. The highest BCUT2D eigenvalue weighted by Crippen LogP contribution is 2.18. The lowest BCUT2D eigenvalue weighted by atomic mass is 10.1. The van der Waals surface area contributed by atoms with E-state index in [4.69, 9.17) is 4.74 Å². The third kappa shape index (κ3) is 5.34. The van der Waals surface area contributed by atoms with Crippen molar-refractivity contribution in [1.82, 2.24) is 4.72 Å². The molecule has 0 aliphatic rings. The smallest absolute Gasteiger partial charge is 0.332 e. The number of halogens is 1. The molecule has 1 aromatic rings. The average molecular weight is 339 g/mol. The van der Waals surface area contributed by atoms with Crippen LogP contribution in [0.25, 0.3) is 0 Å². The number of benzene rings is 1. The van der Waals surface area contributed by atoms with Gasteiger partial charge < -0.3 is 4.74 Å². The summed E-state index contributed by atoms with van der Waals surface area (Å²) in [6, 6.07) is 4.10. The van der Waals surface area contributed by atoms with Crippen LogP contribution in [0.5, 0.6) is 0 Å². The molecule has 0 amide bonds. The van der Waals surface area contributed by atoms with Gasteiger partial charge in [-0.3, -0.25) is 0 Å². The van der Waals surface area contributed by atoms with Gasteiger partial charge in [-0.1, -0.05) is 6.07 Å². The molecule has 0 heterocycles. The van der Waals surface area contributed by atoms with E-state index in [-0.39, 0.29) is 11.4 Å². The Balaban J connectivity index is 2.99. The van der Waals surface area contributed by atoms with E-state index < -0.39 is 30.7 Å². The number of rotatable bonds is 7. The minimum Gasteiger partial charge on any atom is -0.375 e. The highest BCUT2D eigenvalue weighted by molar-refractivity contribution is 7.89. The molecule has 0 saturated carbocycles. The summed E-state index contributed by atoms with van der Waals surface area (Å²) < 4.78 is 66.3. The first kappa shape index (κ1) is 18.0. The fourth-order valence-corrected chi connectivity index (χ4v) is 3.41. The Morgan fingerprint density at radius 1 is 1.19 bits per heavy atom. The molecule has 1 aromatic carbocycles. The van der Waals surface area contributed by atoms with E-state index in [0.717, 1.165) is 18.2 Å². The summed E-state index contributed by atoms with van der Waals surface area (Å²) in [6.07, 6.45) is 0. The van der Waals surface area contributed by atoms with Gasteiger partial charge in [0.15, 0.2) is 0 Å². The lowest BCUT2D eigenvalue weighted by Crippen LogP contribution is -2.40. The number of sulfonamides is 1. The van der Waals surface area contributed by atoms with Crippen LogP contribution in [0.15, 0.2) is 34.1 Å². The molecule has 1 rings (SSSR count). The van der Waals surface area contributed by atoms with Gasteiger partial charge in [0.25, 0.3) is 0 Å². The Kier molecular flexibility index (Phi) is 5.48. The van der Waals surface area contributed by atoms with E-state index in [0.29, 0.717) is 6.61 Å². The zero-order valence-electron chi connectivity index (χ0n) is 12.0. The maximum Gasteiger partial charge on any atom is 0.332 e. The number of nitrogens with one attached hydrogen (secondary N) is 1. The minimum atomic E-state index is -4.95. The molecule has 21 heavy (non-hydrogen) atoms. The largest absolute Gasteiger partial charge is 0.375 e. The molecule has 120 valence electrons. The fraction of sp³-hybridized carbons (Fsp3) is 0.500. The molecule has 0 aliphatic heterocycles. The molecule has 0 fully saturated rings. The lowest BCUT2D eigenvalue weighted by molar-refractivity contribution is -0.00515. The second-order valence-electron chi connectivity index (χ2n) is 4.93. The summed E-state index contributed by atoms with van der Waals surface area (Å²) in [5.74, 6) is 0. The van der Waals surface area contributed by atoms with Gasteiger partial charge in [-0.2, -0.15) is 8.42 Å². The Morgan fingerprint density at radius 2 is 1.76 bits per heavy atom. The van der Waals surface area contributed by atoms with E-state index in [2.05, 4.69) is 4.72 Å². The van der Waals surface area contributed by atoms with Crippen molar-refractivity contribution in [2.24, 2.45) is 0 Å². The second kappa shape index (κ2) is 6.39. The first-order valence-corrected chi connectivity index (χ1v) is 9.03. The van der Waals surface area contributed by atoms with Crippen LogP contribution >= 0.6 is 0 Å². The predicted octanol–water partition coefficient (Wildman–Crippen LogP) is 1.44. The van der Waals surface area contributed by atoms with Crippen LogP contribution in [0.2, 0.25) is 0 Å². The van der Waals surface area contributed by atoms with Crippen LogP contribution in [0.4, 0.5) is 3.89 Å². The summed E-state index contributed by atoms with van der Waals surface area (Å²) in [5, 5.41) is 0. The first-order valence-electron chi connectivity index (χ1n) is 6.16. The van der Waals surface area contributed by atoms with Gasteiger partial charge in [-0.15, -0.1) is 3.89 Å². The van der Waals surface area contributed by atoms with E-state index >= 15 is 0 Å². The number of hydrogen-bond donors (Lipinski definition) is 1. The second-order valence-corrected chi connectivity index (χ2v) is 8.04. The quantitative estimate of drug-likeness (QED) is 0.759. The van der Waals surface area contributed by atoms with Crippen LogP contribution in [-0.2, 0) is 25.0 Å². The normalized spacial score (nSPS) is 13.3. The predicted molar refractivity (Wildman–Crippen MR) is 75.6 cm³/mol. The van der Waals surface area contributed by atoms with Gasteiger partial charge >= 0.3 is 10.2 Å². The standard InChI is InChI=1S/C12H18FNO5S2/c1-4-19-12(2,3)9-14-21(17,18)11-7-5-6-10(8-11)20(13,15)16/h5-8,14H,4,9H2,1-3H3. The van der Waals surface area contributed by atoms with Crippen molar-refractivity contribution in [3.8, 4) is 0 Å². The van der Waals surface area contributed by atoms with Gasteiger partial charge in [-0.25, -0.2) is 13.1 Å². The Morgan fingerprint density at radius 3 is 2.29 bits per heavy atom. The van der Waals surface area contributed by atoms with Crippen molar-refractivity contribution in [2.75, 3.05) is 13.2 Å². The zero-order valence-corrected chi connectivity index (χ0v) is 13.6. The van der Waals surface area contributed by atoms with Crippen LogP contribution < -0.4 is 4.72 Å². The molecule has 0 atom stereocenters. The van der Waals surface area contributed by atoms with Crippen LogP contribution in [0, 0.1) is 0 Å². The summed E-state index contributed by atoms with van der Waals surface area (Å²) in [4.78, 5) is -1.03. The summed E-state index contributed by atoms with van der Waals surface area (Å²) in [7, 11) is -8.91. The van der Waals surface area contributed by atoms with Gasteiger partial charge in [0.1, 0.15) is 0 Å². The molecular weight excluding hydrogens is 321 g/mol. The molecule has 1 N–H and O–H groups in total. The Labute approximate surface area is 124 Å². The van der Waals surface area contributed by atoms with Crippen molar-refractivity contribution in [1.29, 1.82) is 0 Å². The molecule has 0 aliphatic carbocycles. The van der Waals surface area contributed by atoms with Crippen LogP contribution in [0.3, 0.4) is 0 Å². The summed E-state index contributed by atoms with van der Waals surface area (Å²) >= 11 is 0. The van der Waals surface area contributed by atoms with E-state index in [1.165, 1.54) is 6.07 Å². The average Bonchev–Trinajstić information content (AvgIpc) is 2.36. The minimum absolute atomic E-state index is 0.00419. The highest BCUT2D eigenvalue weighted by Gasteiger charge is 2.23. The van der Waals surface area contributed by atoms with Gasteiger partial charge in [-0.05, 0) is 39.0 Å². The summed E-state index contributed by atoms with van der Waals surface area (Å²) in [6.45, 7) is 5.62. The monoisotopic (exact) mass is 339 g/mol. The summed E-state index contributed by atoms with van der Waals surface area (Å²) in [5.41, 5.74) is -0.717. The van der Waals surface area contributed by atoms with Crippen molar-refractivity contribution in [2.45, 2.75) is 36.2 Å². The van der Waals surface area contributed by atoms with Gasteiger partial charge in [0.05, 0.1) is 15.4 Å². The van der Waals surface area contributed by atoms with Crippen molar-refractivity contribution >= 4 is 20.2 Å². The number of hydrogen-bond acceptors (Lipinski definition) is 5.